The second-order valence-electron chi connectivity index (χ2n) is 6.13. The number of hydrogen-bond donors (Lipinski definition) is 2. The molecule has 2 N–H and O–H groups in total. The Bertz CT molecular complexity index is 1010. The van der Waals surface area contributed by atoms with E-state index in [0.29, 0.717) is 24.1 Å². The highest BCUT2D eigenvalue weighted by atomic mass is 79.9. The lowest BCUT2D eigenvalue weighted by Crippen LogP contribution is -2.27. The van der Waals surface area contributed by atoms with Crippen LogP contribution in [0.4, 0.5) is 0 Å². The summed E-state index contributed by atoms with van der Waals surface area (Å²) in [6, 6.07) is 13.2. The number of benzene rings is 2. The Morgan fingerprint density at radius 3 is 2.64 bits per heavy atom. The van der Waals surface area contributed by atoms with Gasteiger partial charge in [-0.1, -0.05) is 34.1 Å². The van der Waals surface area contributed by atoms with E-state index in [-0.39, 0.29) is 11.5 Å². The van der Waals surface area contributed by atoms with Crippen LogP contribution in [0.15, 0.2) is 51.7 Å². The van der Waals surface area contributed by atoms with Gasteiger partial charge in [0.2, 0.25) is 0 Å². The number of rotatable bonds is 4. The molecule has 0 unspecified atom stereocenters. The first kappa shape index (κ1) is 17.4. The van der Waals surface area contributed by atoms with Crippen molar-refractivity contribution >= 4 is 32.7 Å². The van der Waals surface area contributed by atoms with Gasteiger partial charge in [-0.15, -0.1) is 0 Å². The number of halogens is 1. The molecule has 0 bridgehead atoms. The first-order chi connectivity index (χ1) is 12.0. The molecule has 1 aromatic heterocycles. The van der Waals surface area contributed by atoms with Crippen LogP contribution in [-0.4, -0.2) is 17.4 Å². The molecule has 0 spiro atoms. The number of aromatic amines is 1. The van der Waals surface area contributed by atoms with Gasteiger partial charge in [0.15, 0.2) is 0 Å². The van der Waals surface area contributed by atoms with E-state index in [1.165, 1.54) is 0 Å². The van der Waals surface area contributed by atoms with Gasteiger partial charge in [0, 0.05) is 27.5 Å². The van der Waals surface area contributed by atoms with Crippen LogP contribution in [0, 0.1) is 13.8 Å². The third-order valence-corrected chi connectivity index (χ3v) is 4.78. The normalized spacial score (nSPS) is 10.8. The van der Waals surface area contributed by atoms with Crippen LogP contribution in [0.3, 0.4) is 0 Å². The summed E-state index contributed by atoms with van der Waals surface area (Å²) < 4.78 is 0.858. The van der Waals surface area contributed by atoms with E-state index >= 15 is 0 Å². The van der Waals surface area contributed by atoms with Gasteiger partial charge in [0.05, 0.1) is 5.52 Å². The molecule has 25 heavy (non-hydrogen) atoms. The lowest BCUT2D eigenvalue weighted by atomic mass is 10.0. The molecule has 3 aromatic rings. The molecule has 1 amide bonds. The van der Waals surface area contributed by atoms with Crippen LogP contribution >= 0.6 is 15.9 Å². The van der Waals surface area contributed by atoms with Crippen molar-refractivity contribution in [1.82, 2.24) is 10.3 Å². The van der Waals surface area contributed by atoms with Crippen molar-refractivity contribution in [1.29, 1.82) is 0 Å². The Balaban J connectivity index is 1.75. The first-order valence-corrected chi connectivity index (χ1v) is 8.91. The lowest BCUT2D eigenvalue weighted by molar-refractivity contribution is 0.0954. The van der Waals surface area contributed by atoms with Gasteiger partial charge in [-0.25, -0.2) is 0 Å². The molecular weight excluding hydrogens is 380 g/mol. The van der Waals surface area contributed by atoms with Gasteiger partial charge >= 0.3 is 0 Å². The largest absolute Gasteiger partial charge is 0.352 e. The van der Waals surface area contributed by atoms with Crippen molar-refractivity contribution in [2.45, 2.75) is 20.3 Å². The number of carbonyl (C=O) groups is 1. The minimum atomic E-state index is -0.148. The van der Waals surface area contributed by atoms with Crippen LogP contribution in [0.2, 0.25) is 0 Å². The average Bonchev–Trinajstić information content (AvgIpc) is 2.59. The second kappa shape index (κ2) is 7.23. The zero-order valence-electron chi connectivity index (χ0n) is 14.2. The van der Waals surface area contributed by atoms with Gasteiger partial charge in [0.1, 0.15) is 0 Å². The Hall–Kier alpha value is -2.40. The standard InChI is InChI=1S/C20H19BrN2O2/c1-12-6-7-13(2)18-17(12)11-15(20(25)23-18)8-9-22-19(24)14-4-3-5-16(21)10-14/h3-7,10-11H,8-9H2,1-2H3,(H,22,24)(H,23,25). The fourth-order valence-corrected chi connectivity index (χ4v) is 3.25. The summed E-state index contributed by atoms with van der Waals surface area (Å²) in [6.45, 7) is 4.42. The monoisotopic (exact) mass is 398 g/mol. The highest BCUT2D eigenvalue weighted by Gasteiger charge is 2.09. The molecule has 0 fully saturated rings. The number of H-pyrrole nitrogens is 1. The molecule has 0 aliphatic heterocycles. The maximum Gasteiger partial charge on any atom is 0.251 e. The molecule has 5 heteroatoms. The summed E-state index contributed by atoms with van der Waals surface area (Å²) in [7, 11) is 0. The Morgan fingerprint density at radius 1 is 1.12 bits per heavy atom. The molecule has 0 radical (unpaired) electrons. The molecule has 1 heterocycles. The lowest BCUT2D eigenvalue weighted by Gasteiger charge is -2.09. The van der Waals surface area contributed by atoms with Crippen molar-refractivity contribution in [3.05, 3.63) is 79.5 Å². The number of nitrogens with one attached hydrogen (secondary N) is 2. The number of hydrogen-bond acceptors (Lipinski definition) is 2. The number of amides is 1. The maximum atomic E-state index is 12.3. The van der Waals surface area contributed by atoms with Gasteiger partial charge in [0.25, 0.3) is 11.5 Å². The van der Waals surface area contributed by atoms with Crippen molar-refractivity contribution in [2.75, 3.05) is 6.54 Å². The molecule has 128 valence electrons. The van der Waals surface area contributed by atoms with Crippen molar-refractivity contribution in [3.63, 3.8) is 0 Å². The summed E-state index contributed by atoms with van der Waals surface area (Å²) >= 11 is 3.35. The summed E-state index contributed by atoms with van der Waals surface area (Å²) in [5.74, 6) is -0.148. The van der Waals surface area contributed by atoms with Crippen LogP contribution in [0.25, 0.3) is 10.9 Å². The van der Waals surface area contributed by atoms with E-state index < -0.39 is 0 Å². The molecule has 0 saturated heterocycles. The molecule has 0 aliphatic rings. The fourth-order valence-electron chi connectivity index (χ4n) is 2.85. The van der Waals surface area contributed by atoms with Crippen molar-refractivity contribution < 1.29 is 4.79 Å². The van der Waals surface area contributed by atoms with Gasteiger partial charge in [-0.05, 0) is 55.7 Å². The Morgan fingerprint density at radius 2 is 1.88 bits per heavy atom. The summed E-state index contributed by atoms with van der Waals surface area (Å²) in [5.41, 5.74) is 4.22. The summed E-state index contributed by atoms with van der Waals surface area (Å²) in [5, 5.41) is 3.91. The smallest absolute Gasteiger partial charge is 0.251 e. The van der Waals surface area contributed by atoms with E-state index in [1.807, 2.05) is 38.1 Å². The predicted molar refractivity (Wildman–Crippen MR) is 104 cm³/mol. The number of carbonyl (C=O) groups excluding carboxylic acids is 1. The van der Waals surface area contributed by atoms with E-state index in [1.54, 1.807) is 12.1 Å². The molecule has 3 rings (SSSR count). The Labute approximate surface area is 154 Å². The predicted octanol–water partition coefficient (Wildman–Crippen LogP) is 3.88. The topological polar surface area (TPSA) is 62.0 Å². The average molecular weight is 399 g/mol. The zero-order chi connectivity index (χ0) is 18.0. The van der Waals surface area contributed by atoms with E-state index in [4.69, 9.17) is 0 Å². The summed E-state index contributed by atoms with van der Waals surface area (Å²) in [6.07, 6.45) is 0.485. The number of aryl methyl sites for hydroxylation is 2. The maximum absolute atomic E-state index is 12.3. The SMILES string of the molecule is Cc1ccc(C)c2[nH]c(=O)c(CCNC(=O)c3cccc(Br)c3)cc12. The van der Waals surface area contributed by atoms with Crippen LogP contribution in [0.5, 0.6) is 0 Å². The van der Waals surface area contributed by atoms with Crippen molar-refractivity contribution in [3.8, 4) is 0 Å². The van der Waals surface area contributed by atoms with Crippen LogP contribution < -0.4 is 10.9 Å². The number of fused-ring (bicyclic) bond motifs is 1. The first-order valence-electron chi connectivity index (χ1n) is 8.11. The zero-order valence-corrected chi connectivity index (χ0v) is 15.7. The summed E-state index contributed by atoms with van der Waals surface area (Å²) in [4.78, 5) is 27.4. The van der Waals surface area contributed by atoms with E-state index in [2.05, 4.69) is 32.3 Å². The number of pyridine rings is 1. The van der Waals surface area contributed by atoms with Crippen LogP contribution in [0.1, 0.15) is 27.0 Å². The van der Waals surface area contributed by atoms with Gasteiger partial charge in [-0.3, -0.25) is 9.59 Å². The minimum absolute atomic E-state index is 0.0992. The molecule has 0 atom stereocenters. The molecule has 4 nitrogen and oxygen atoms in total. The quantitative estimate of drug-likeness (QED) is 0.700. The minimum Gasteiger partial charge on any atom is -0.352 e. The van der Waals surface area contributed by atoms with Crippen molar-refractivity contribution in [2.24, 2.45) is 0 Å². The van der Waals surface area contributed by atoms with Gasteiger partial charge < -0.3 is 10.3 Å². The van der Waals surface area contributed by atoms with Gasteiger partial charge in [-0.2, -0.15) is 0 Å². The highest BCUT2D eigenvalue weighted by Crippen LogP contribution is 2.19. The third-order valence-electron chi connectivity index (χ3n) is 4.29. The molecule has 0 saturated carbocycles. The molecule has 0 aliphatic carbocycles. The van der Waals surface area contributed by atoms with E-state index in [0.717, 1.165) is 26.5 Å². The molecular formula is C20H19BrN2O2. The molecule has 2 aromatic carbocycles. The third kappa shape index (κ3) is 3.82. The van der Waals surface area contributed by atoms with Crippen LogP contribution in [-0.2, 0) is 6.42 Å². The second-order valence-corrected chi connectivity index (χ2v) is 7.04. The Kier molecular flexibility index (Phi) is 5.04. The fraction of sp³-hybridized carbons (Fsp3) is 0.200. The van der Waals surface area contributed by atoms with E-state index in [9.17, 15) is 9.59 Å². The number of aromatic nitrogens is 1. The highest BCUT2D eigenvalue weighted by molar-refractivity contribution is 9.10.